The molecule has 0 radical (unpaired) electrons. The molecule has 1 heterocycles. The fourth-order valence-corrected chi connectivity index (χ4v) is 4.00. The predicted molar refractivity (Wildman–Crippen MR) is 81.6 cm³/mol. The molecular formula is C17H23NO3. The summed E-state index contributed by atoms with van der Waals surface area (Å²) < 4.78 is 11.2. The molecule has 4 heteroatoms. The van der Waals surface area contributed by atoms with E-state index in [1.165, 1.54) is 0 Å². The van der Waals surface area contributed by atoms with E-state index in [-0.39, 0.29) is 5.78 Å². The number of rotatable bonds is 3. The lowest BCUT2D eigenvalue weighted by Crippen LogP contribution is -2.25. The molecule has 2 aliphatic rings. The van der Waals surface area contributed by atoms with Crippen LogP contribution in [0.2, 0.25) is 0 Å². The van der Waals surface area contributed by atoms with Crippen LogP contribution in [0.4, 0.5) is 0 Å². The number of carbonyl (C=O) groups is 1. The molecule has 0 aromatic heterocycles. The highest BCUT2D eigenvalue weighted by Crippen LogP contribution is 2.47. The Bertz CT molecular complexity index is 582. The highest BCUT2D eigenvalue weighted by Gasteiger charge is 2.41. The summed E-state index contributed by atoms with van der Waals surface area (Å²) in [6, 6.07) is 2.07. The number of ketones is 1. The number of hydrogen-bond donors (Lipinski definition) is 0. The zero-order valence-corrected chi connectivity index (χ0v) is 13.2. The molecule has 1 saturated heterocycles. The molecule has 0 bridgehead atoms. The summed E-state index contributed by atoms with van der Waals surface area (Å²) in [7, 11) is 5.45. The third-order valence-electron chi connectivity index (χ3n) is 4.90. The zero-order valence-electron chi connectivity index (χ0n) is 13.2. The molecule has 0 N–H and O–H groups in total. The van der Waals surface area contributed by atoms with Crippen molar-refractivity contribution in [1.82, 2.24) is 4.90 Å². The number of hydrogen-bond acceptors (Lipinski definition) is 4. The first-order valence-corrected chi connectivity index (χ1v) is 7.60. The maximum atomic E-state index is 12.6. The van der Waals surface area contributed by atoms with Gasteiger partial charge in [0, 0.05) is 31.0 Å². The summed E-state index contributed by atoms with van der Waals surface area (Å²) in [5.74, 6) is 2.63. The molecule has 0 spiro atoms. The summed E-state index contributed by atoms with van der Waals surface area (Å²) >= 11 is 0. The Morgan fingerprint density at radius 2 is 2.05 bits per heavy atom. The van der Waals surface area contributed by atoms with Crippen LogP contribution in [-0.4, -0.2) is 45.0 Å². The van der Waals surface area contributed by atoms with E-state index in [2.05, 4.69) is 24.9 Å². The Labute approximate surface area is 126 Å². The van der Waals surface area contributed by atoms with E-state index >= 15 is 0 Å². The zero-order chi connectivity index (χ0) is 15.1. The van der Waals surface area contributed by atoms with Gasteiger partial charge in [0.1, 0.15) is 11.5 Å². The van der Waals surface area contributed by atoms with Crippen molar-refractivity contribution in [3.05, 3.63) is 22.8 Å². The van der Waals surface area contributed by atoms with Gasteiger partial charge in [0.15, 0.2) is 5.78 Å². The van der Waals surface area contributed by atoms with Gasteiger partial charge in [-0.15, -0.1) is 0 Å². The lowest BCUT2D eigenvalue weighted by Gasteiger charge is -2.29. The number of carbonyl (C=O) groups excluding carboxylic acids is 1. The average Bonchev–Trinajstić information content (AvgIpc) is 2.85. The quantitative estimate of drug-likeness (QED) is 0.857. The molecule has 1 fully saturated rings. The van der Waals surface area contributed by atoms with Gasteiger partial charge in [0.25, 0.3) is 0 Å². The van der Waals surface area contributed by atoms with Gasteiger partial charge in [-0.05, 0) is 31.0 Å². The summed E-state index contributed by atoms with van der Waals surface area (Å²) in [5.41, 5.74) is 2.91. The minimum atomic E-state index is 0.218. The Balaban J connectivity index is 2.22. The number of likely N-dealkylation sites (N-methyl/N-ethyl adjacent to an activating group) is 1. The standard InChI is InChI=1S/C17H23NO3/c1-5-11-15(20-3)7-12-13-9-18(2)8-10(13)6-14(19)16(12)17(11)21-4/h7,10,13H,5-6,8-9H2,1-4H3. The molecule has 1 aliphatic carbocycles. The van der Waals surface area contributed by atoms with Crippen molar-refractivity contribution in [2.45, 2.75) is 25.7 Å². The maximum absolute atomic E-state index is 12.6. The van der Waals surface area contributed by atoms with Crippen LogP contribution in [0, 0.1) is 5.92 Å². The van der Waals surface area contributed by atoms with Gasteiger partial charge in [-0.1, -0.05) is 6.92 Å². The van der Waals surface area contributed by atoms with Crippen LogP contribution in [0.25, 0.3) is 0 Å². The number of fused-ring (bicyclic) bond motifs is 3. The Morgan fingerprint density at radius 1 is 1.29 bits per heavy atom. The topological polar surface area (TPSA) is 38.8 Å². The number of Topliss-reactive ketones (excluding diaryl/α,β-unsaturated/α-hetero) is 1. The minimum absolute atomic E-state index is 0.218. The van der Waals surface area contributed by atoms with E-state index in [0.29, 0.717) is 18.3 Å². The Hall–Kier alpha value is -1.55. The van der Waals surface area contributed by atoms with Crippen LogP contribution in [-0.2, 0) is 6.42 Å². The van der Waals surface area contributed by atoms with E-state index in [1.54, 1.807) is 14.2 Å². The lowest BCUT2D eigenvalue weighted by atomic mass is 9.75. The molecule has 1 aromatic rings. The third-order valence-corrected chi connectivity index (χ3v) is 4.90. The van der Waals surface area contributed by atoms with Gasteiger partial charge in [0.2, 0.25) is 0 Å². The normalized spacial score (nSPS) is 24.7. The Morgan fingerprint density at radius 3 is 2.67 bits per heavy atom. The van der Waals surface area contributed by atoms with Crippen molar-refractivity contribution >= 4 is 5.78 Å². The number of benzene rings is 1. The molecule has 114 valence electrons. The van der Waals surface area contributed by atoms with Gasteiger partial charge >= 0.3 is 0 Å². The van der Waals surface area contributed by atoms with Crippen molar-refractivity contribution in [2.75, 3.05) is 34.4 Å². The molecule has 1 aromatic carbocycles. The fraction of sp³-hybridized carbons (Fsp3) is 0.588. The van der Waals surface area contributed by atoms with E-state index < -0.39 is 0 Å². The van der Waals surface area contributed by atoms with Crippen molar-refractivity contribution in [1.29, 1.82) is 0 Å². The van der Waals surface area contributed by atoms with Crippen LogP contribution < -0.4 is 9.47 Å². The van der Waals surface area contributed by atoms with Gasteiger partial charge in [-0.2, -0.15) is 0 Å². The average molecular weight is 289 g/mol. The SMILES string of the molecule is CCc1c(OC)cc2c(c1OC)C(=O)CC1CN(C)CC21. The van der Waals surface area contributed by atoms with Crippen molar-refractivity contribution in [3.63, 3.8) is 0 Å². The minimum Gasteiger partial charge on any atom is -0.496 e. The predicted octanol–water partition coefficient (Wildman–Crippen LogP) is 2.50. The molecule has 2 atom stereocenters. The first kappa shape index (κ1) is 14.4. The number of ether oxygens (including phenoxy) is 2. The summed E-state index contributed by atoms with van der Waals surface area (Å²) in [5, 5.41) is 0. The van der Waals surface area contributed by atoms with E-state index in [9.17, 15) is 4.79 Å². The molecule has 3 rings (SSSR count). The molecular weight excluding hydrogens is 266 g/mol. The van der Waals surface area contributed by atoms with Crippen LogP contribution >= 0.6 is 0 Å². The molecule has 0 amide bonds. The third kappa shape index (κ3) is 2.13. The monoisotopic (exact) mass is 289 g/mol. The molecule has 1 aliphatic heterocycles. The van der Waals surface area contributed by atoms with E-state index in [0.717, 1.165) is 47.7 Å². The highest BCUT2D eigenvalue weighted by atomic mass is 16.5. The molecule has 0 saturated carbocycles. The van der Waals surface area contributed by atoms with Crippen molar-refractivity contribution in [2.24, 2.45) is 5.92 Å². The van der Waals surface area contributed by atoms with Gasteiger partial charge in [-0.25, -0.2) is 0 Å². The summed E-state index contributed by atoms with van der Waals surface area (Å²) in [6.07, 6.45) is 1.43. The van der Waals surface area contributed by atoms with Crippen LogP contribution in [0.5, 0.6) is 11.5 Å². The lowest BCUT2D eigenvalue weighted by molar-refractivity contribution is 0.0942. The number of nitrogens with zero attached hydrogens (tertiary/aromatic N) is 1. The Kier molecular flexibility index (Phi) is 3.66. The first-order chi connectivity index (χ1) is 10.1. The number of methoxy groups -OCH3 is 2. The van der Waals surface area contributed by atoms with E-state index in [4.69, 9.17) is 9.47 Å². The molecule has 4 nitrogen and oxygen atoms in total. The van der Waals surface area contributed by atoms with Crippen LogP contribution in [0.3, 0.4) is 0 Å². The highest BCUT2D eigenvalue weighted by molar-refractivity contribution is 6.02. The second-order valence-corrected chi connectivity index (χ2v) is 6.12. The maximum Gasteiger partial charge on any atom is 0.167 e. The first-order valence-electron chi connectivity index (χ1n) is 7.60. The second kappa shape index (κ2) is 5.34. The van der Waals surface area contributed by atoms with Gasteiger partial charge < -0.3 is 14.4 Å². The van der Waals surface area contributed by atoms with Crippen molar-refractivity contribution in [3.8, 4) is 11.5 Å². The van der Waals surface area contributed by atoms with Gasteiger partial charge in [0.05, 0.1) is 19.8 Å². The second-order valence-electron chi connectivity index (χ2n) is 6.12. The van der Waals surface area contributed by atoms with Crippen LogP contribution in [0.1, 0.15) is 40.7 Å². The summed E-state index contributed by atoms with van der Waals surface area (Å²) in [6.45, 7) is 4.06. The van der Waals surface area contributed by atoms with E-state index in [1.807, 2.05) is 0 Å². The van der Waals surface area contributed by atoms with Crippen molar-refractivity contribution < 1.29 is 14.3 Å². The fourth-order valence-electron chi connectivity index (χ4n) is 4.00. The van der Waals surface area contributed by atoms with Gasteiger partial charge in [-0.3, -0.25) is 4.79 Å². The molecule has 2 unspecified atom stereocenters. The largest absolute Gasteiger partial charge is 0.496 e. The number of likely N-dealkylation sites (tertiary alicyclic amines) is 1. The van der Waals surface area contributed by atoms with Crippen LogP contribution in [0.15, 0.2) is 6.07 Å². The molecule has 21 heavy (non-hydrogen) atoms. The smallest absolute Gasteiger partial charge is 0.167 e. The summed E-state index contributed by atoms with van der Waals surface area (Å²) in [4.78, 5) is 15.0.